The van der Waals surface area contributed by atoms with Crippen molar-refractivity contribution >= 4 is 0 Å². The van der Waals surface area contributed by atoms with Crippen LogP contribution in [0.15, 0.2) is 0 Å². The summed E-state index contributed by atoms with van der Waals surface area (Å²) in [6, 6.07) is 3.08. The summed E-state index contributed by atoms with van der Waals surface area (Å²) in [4.78, 5) is 2.50. The summed E-state index contributed by atoms with van der Waals surface area (Å²) in [7, 11) is 0. The maximum Gasteiger partial charge on any atom is 0.108 e. The molecule has 3 heteroatoms. The van der Waals surface area contributed by atoms with Crippen molar-refractivity contribution in [1.29, 1.82) is 5.26 Å². The fourth-order valence-corrected chi connectivity index (χ4v) is 3.13. The quantitative estimate of drug-likeness (QED) is 0.847. The number of rotatable bonds is 4. The van der Waals surface area contributed by atoms with E-state index in [1.165, 1.54) is 32.1 Å². The zero-order chi connectivity index (χ0) is 13.9. The van der Waals surface area contributed by atoms with E-state index in [9.17, 15) is 5.26 Å². The standard InChI is InChI=1S/C16H29N3/c1-16(2,3)13-5-4-9-19(10-8-13)12-15(11-17)18-14-6-7-14/h13-15,18H,4-10,12H2,1-3H3. The minimum absolute atomic E-state index is 0.0266. The first-order valence-electron chi connectivity index (χ1n) is 7.87. The SMILES string of the molecule is CC(C)(C)C1CCCN(CC(C#N)NC2CC2)CC1. The highest BCUT2D eigenvalue weighted by Gasteiger charge is 2.29. The molecule has 3 nitrogen and oxygen atoms in total. The molecule has 2 aliphatic rings. The van der Waals surface area contributed by atoms with Crippen LogP contribution in [0.3, 0.4) is 0 Å². The van der Waals surface area contributed by atoms with Crippen molar-refractivity contribution in [2.24, 2.45) is 11.3 Å². The van der Waals surface area contributed by atoms with E-state index in [1.54, 1.807) is 0 Å². The zero-order valence-electron chi connectivity index (χ0n) is 12.8. The molecule has 2 fully saturated rings. The second kappa shape index (κ2) is 6.24. The molecule has 19 heavy (non-hydrogen) atoms. The van der Waals surface area contributed by atoms with Gasteiger partial charge in [0, 0.05) is 12.6 Å². The van der Waals surface area contributed by atoms with Crippen molar-refractivity contribution in [3.05, 3.63) is 0 Å². The lowest BCUT2D eigenvalue weighted by atomic mass is 9.77. The lowest BCUT2D eigenvalue weighted by molar-refractivity contribution is 0.206. The fraction of sp³-hybridized carbons (Fsp3) is 0.938. The number of nitrogens with zero attached hydrogens (tertiary/aromatic N) is 2. The molecule has 0 aromatic heterocycles. The van der Waals surface area contributed by atoms with E-state index in [4.69, 9.17) is 0 Å². The molecule has 108 valence electrons. The molecule has 2 rings (SSSR count). The Labute approximate surface area is 118 Å². The van der Waals surface area contributed by atoms with Crippen LogP contribution < -0.4 is 5.32 Å². The molecule has 0 amide bonds. The fourth-order valence-electron chi connectivity index (χ4n) is 3.13. The highest BCUT2D eigenvalue weighted by atomic mass is 15.2. The molecule has 2 unspecified atom stereocenters. The van der Waals surface area contributed by atoms with Gasteiger partial charge in [-0.2, -0.15) is 5.26 Å². The van der Waals surface area contributed by atoms with Crippen LogP contribution in [0.5, 0.6) is 0 Å². The predicted octanol–water partition coefficient (Wildman–Crippen LogP) is 2.78. The van der Waals surface area contributed by atoms with Gasteiger partial charge in [0.2, 0.25) is 0 Å². The van der Waals surface area contributed by atoms with Gasteiger partial charge in [0.1, 0.15) is 6.04 Å². The highest BCUT2D eigenvalue weighted by molar-refractivity contribution is 4.97. The lowest BCUT2D eigenvalue weighted by Gasteiger charge is -2.30. The predicted molar refractivity (Wildman–Crippen MR) is 78.8 cm³/mol. The van der Waals surface area contributed by atoms with Crippen LogP contribution in [0.4, 0.5) is 0 Å². The average Bonchev–Trinajstić information content (AvgIpc) is 3.13. The van der Waals surface area contributed by atoms with Crippen molar-refractivity contribution in [1.82, 2.24) is 10.2 Å². The molecule has 0 aromatic rings. The normalized spacial score (nSPS) is 27.6. The molecule has 2 atom stereocenters. The molecule has 0 radical (unpaired) electrons. The molecule has 1 heterocycles. The molecule has 0 aromatic carbocycles. The number of hydrogen-bond acceptors (Lipinski definition) is 3. The van der Waals surface area contributed by atoms with Crippen LogP contribution in [0, 0.1) is 22.7 Å². The van der Waals surface area contributed by atoms with E-state index in [0.717, 1.165) is 25.6 Å². The Balaban J connectivity index is 1.79. The third-order valence-electron chi connectivity index (χ3n) is 4.66. The van der Waals surface area contributed by atoms with Gasteiger partial charge >= 0.3 is 0 Å². The van der Waals surface area contributed by atoms with Crippen LogP contribution in [0.2, 0.25) is 0 Å². The van der Waals surface area contributed by atoms with Gasteiger partial charge in [-0.05, 0) is 56.5 Å². The van der Waals surface area contributed by atoms with Crippen LogP contribution in [-0.2, 0) is 0 Å². The van der Waals surface area contributed by atoms with E-state index in [-0.39, 0.29) is 6.04 Å². The van der Waals surface area contributed by atoms with Crippen molar-refractivity contribution < 1.29 is 0 Å². The molecule has 0 spiro atoms. The minimum atomic E-state index is 0.0266. The van der Waals surface area contributed by atoms with E-state index in [2.05, 4.69) is 37.1 Å². The second-order valence-electron chi connectivity index (χ2n) is 7.42. The van der Waals surface area contributed by atoms with Crippen LogP contribution in [0.25, 0.3) is 0 Å². The average molecular weight is 263 g/mol. The Morgan fingerprint density at radius 2 is 1.95 bits per heavy atom. The van der Waals surface area contributed by atoms with E-state index >= 15 is 0 Å². The van der Waals surface area contributed by atoms with Gasteiger partial charge in [0.05, 0.1) is 6.07 Å². The molecule has 0 bridgehead atoms. The van der Waals surface area contributed by atoms with E-state index < -0.39 is 0 Å². The van der Waals surface area contributed by atoms with Gasteiger partial charge in [0.25, 0.3) is 0 Å². The third-order valence-corrected chi connectivity index (χ3v) is 4.66. The van der Waals surface area contributed by atoms with Crippen LogP contribution in [-0.4, -0.2) is 36.6 Å². The van der Waals surface area contributed by atoms with E-state index in [0.29, 0.717) is 11.5 Å². The Bertz CT molecular complexity index is 322. The van der Waals surface area contributed by atoms with Crippen molar-refractivity contribution in [3.63, 3.8) is 0 Å². The first kappa shape index (κ1) is 14.8. The van der Waals surface area contributed by atoms with Gasteiger partial charge in [-0.1, -0.05) is 20.8 Å². The lowest BCUT2D eigenvalue weighted by Crippen LogP contribution is -2.41. The van der Waals surface area contributed by atoms with Gasteiger partial charge in [-0.3, -0.25) is 5.32 Å². The first-order valence-corrected chi connectivity index (χ1v) is 7.87. The summed E-state index contributed by atoms with van der Waals surface area (Å²) in [5, 5.41) is 12.7. The molecular weight excluding hydrogens is 234 g/mol. The van der Waals surface area contributed by atoms with Gasteiger partial charge in [0.15, 0.2) is 0 Å². The maximum atomic E-state index is 9.25. The molecule has 1 N–H and O–H groups in total. The Kier molecular flexibility index (Phi) is 4.86. The van der Waals surface area contributed by atoms with Crippen LogP contribution in [0.1, 0.15) is 52.9 Å². The Morgan fingerprint density at radius 1 is 1.21 bits per heavy atom. The van der Waals surface area contributed by atoms with Gasteiger partial charge < -0.3 is 4.90 Å². The molecular formula is C16H29N3. The molecule has 1 saturated heterocycles. The summed E-state index contributed by atoms with van der Waals surface area (Å²) < 4.78 is 0. The first-order chi connectivity index (χ1) is 8.99. The number of nitrogens with one attached hydrogen (secondary N) is 1. The topological polar surface area (TPSA) is 39.1 Å². The summed E-state index contributed by atoms with van der Waals surface area (Å²) >= 11 is 0. The second-order valence-corrected chi connectivity index (χ2v) is 7.42. The van der Waals surface area contributed by atoms with Crippen molar-refractivity contribution in [2.45, 2.75) is 65.0 Å². The monoisotopic (exact) mass is 263 g/mol. The van der Waals surface area contributed by atoms with Gasteiger partial charge in [-0.25, -0.2) is 0 Å². The van der Waals surface area contributed by atoms with Gasteiger partial charge in [-0.15, -0.1) is 0 Å². The van der Waals surface area contributed by atoms with Crippen molar-refractivity contribution in [3.8, 4) is 6.07 Å². The third kappa shape index (κ3) is 4.78. The van der Waals surface area contributed by atoms with E-state index in [1.807, 2.05) is 0 Å². The molecule has 1 aliphatic heterocycles. The number of hydrogen-bond donors (Lipinski definition) is 1. The number of nitriles is 1. The summed E-state index contributed by atoms with van der Waals surface area (Å²) in [6.45, 7) is 10.3. The largest absolute Gasteiger partial charge is 0.301 e. The Hall–Kier alpha value is -0.590. The Morgan fingerprint density at radius 3 is 2.53 bits per heavy atom. The highest BCUT2D eigenvalue weighted by Crippen LogP contribution is 2.34. The summed E-state index contributed by atoms with van der Waals surface area (Å²) in [6.07, 6.45) is 6.41. The zero-order valence-corrected chi connectivity index (χ0v) is 12.8. The number of likely N-dealkylation sites (tertiary alicyclic amines) is 1. The smallest absolute Gasteiger partial charge is 0.108 e. The summed E-state index contributed by atoms with van der Waals surface area (Å²) in [5.41, 5.74) is 0.427. The maximum absolute atomic E-state index is 9.25. The summed E-state index contributed by atoms with van der Waals surface area (Å²) in [5.74, 6) is 0.828. The molecule has 1 saturated carbocycles. The van der Waals surface area contributed by atoms with Crippen LogP contribution >= 0.6 is 0 Å². The minimum Gasteiger partial charge on any atom is -0.301 e. The molecule has 1 aliphatic carbocycles. The van der Waals surface area contributed by atoms with Crippen molar-refractivity contribution in [2.75, 3.05) is 19.6 Å².